The standard InChI is InChI=1S/C18H28N4O/c1-4-21-9-11-22(12-10-21)14-18(23)20-19-13-16-5-7-17(8-6-16)15(2)3/h5-8,13,15H,4,9-12,14H2,1-3H3,(H,20,23)/b19-13-. The van der Waals surface area contributed by atoms with Gasteiger partial charge in [0.1, 0.15) is 0 Å². The van der Waals surface area contributed by atoms with Crippen LogP contribution in [0.5, 0.6) is 0 Å². The molecule has 1 fully saturated rings. The lowest BCUT2D eigenvalue weighted by Gasteiger charge is -2.33. The maximum atomic E-state index is 11.9. The normalized spacial score (nSPS) is 17.0. The van der Waals surface area contributed by atoms with Crippen LogP contribution in [0, 0.1) is 0 Å². The molecule has 0 spiro atoms. The first-order chi connectivity index (χ1) is 11.1. The van der Waals surface area contributed by atoms with Crippen LogP contribution in [0.25, 0.3) is 0 Å². The zero-order valence-electron chi connectivity index (χ0n) is 14.5. The van der Waals surface area contributed by atoms with Crippen LogP contribution in [0.2, 0.25) is 0 Å². The van der Waals surface area contributed by atoms with Crippen molar-refractivity contribution in [3.8, 4) is 0 Å². The summed E-state index contributed by atoms with van der Waals surface area (Å²) in [5, 5.41) is 4.05. The van der Waals surface area contributed by atoms with Gasteiger partial charge in [-0.25, -0.2) is 5.43 Å². The first kappa shape index (κ1) is 17.6. The molecule has 0 radical (unpaired) electrons. The van der Waals surface area contributed by atoms with Crippen LogP contribution in [0.1, 0.15) is 37.8 Å². The molecule has 1 heterocycles. The van der Waals surface area contributed by atoms with Gasteiger partial charge in [-0.1, -0.05) is 45.0 Å². The molecule has 23 heavy (non-hydrogen) atoms. The summed E-state index contributed by atoms with van der Waals surface area (Å²) < 4.78 is 0. The molecule has 5 heteroatoms. The van der Waals surface area contributed by atoms with Gasteiger partial charge in [0.25, 0.3) is 5.91 Å². The van der Waals surface area contributed by atoms with Crippen molar-refractivity contribution in [1.29, 1.82) is 0 Å². The van der Waals surface area contributed by atoms with E-state index >= 15 is 0 Å². The molecule has 1 amide bonds. The Balaban J connectivity index is 1.73. The highest BCUT2D eigenvalue weighted by Crippen LogP contribution is 2.13. The van der Waals surface area contributed by atoms with Crippen molar-refractivity contribution in [2.45, 2.75) is 26.7 Å². The van der Waals surface area contributed by atoms with Gasteiger partial charge in [0.05, 0.1) is 12.8 Å². The van der Waals surface area contributed by atoms with Crippen LogP contribution in [0.4, 0.5) is 0 Å². The maximum Gasteiger partial charge on any atom is 0.254 e. The van der Waals surface area contributed by atoms with Gasteiger partial charge >= 0.3 is 0 Å². The second-order valence-electron chi connectivity index (χ2n) is 6.32. The van der Waals surface area contributed by atoms with Crippen LogP contribution in [-0.2, 0) is 4.79 Å². The lowest BCUT2D eigenvalue weighted by atomic mass is 10.0. The second kappa shape index (κ2) is 8.79. The molecule has 0 bridgehead atoms. The number of hydrogen-bond acceptors (Lipinski definition) is 4. The van der Waals surface area contributed by atoms with Crippen LogP contribution in [0.15, 0.2) is 29.4 Å². The number of amides is 1. The SMILES string of the molecule is CCN1CCN(CC(=O)N/N=C\c2ccc(C(C)C)cc2)CC1. The Kier molecular flexibility index (Phi) is 6.74. The van der Waals surface area contributed by atoms with E-state index in [0.717, 1.165) is 38.3 Å². The van der Waals surface area contributed by atoms with Gasteiger partial charge in [0, 0.05) is 26.2 Å². The Morgan fingerprint density at radius 3 is 2.35 bits per heavy atom. The summed E-state index contributed by atoms with van der Waals surface area (Å²) in [7, 11) is 0. The van der Waals surface area contributed by atoms with Gasteiger partial charge in [-0.15, -0.1) is 0 Å². The first-order valence-electron chi connectivity index (χ1n) is 8.45. The van der Waals surface area contributed by atoms with Gasteiger partial charge in [-0.05, 0) is 23.6 Å². The van der Waals surface area contributed by atoms with Crippen molar-refractivity contribution in [2.24, 2.45) is 5.10 Å². The second-order valence-corrected chi connectivity index (χ2v) is 6.32. The highest BCUT2D eigenvalue weighted by molar-refractivity contribution is 5.83. The Morgan fingerprint density at radius 1 is 1.17 bits per heavy atom. The molecular formula is C18H28N4O. The molecule has 0 unspecified atom stereocenters. The van der Waals surface area contributed by atoms with E-state index in [4.69, 9.17) is 0 Å². The van der Waals surface area contributed by atoms with Gasteiger partial charge in [-0.2, -0.15) is 5.10 Å². The molecule has 0 aromatic heterocycles. The number of benzene rings is 1. The summed E-state index contributed by atoms with van der Waals surface area (Å²) in [5.74, 6) is 0.471. The van der Waals surface area contributed by atoms with E-state index in [-0.39, 0.29) is 5.91 Å². The van der Waals surface area contributed by atoms with Crippen molar-refractivity contribution in [1.82, 2.24) is 15.2 Å². The van der Waals surface area contributed by atoms with Crippen LogP contribution in [0.3, 0.4) is 0 Å². The fourth-order valence-electron chi connectivity index (χ4n) is 2.65. The van der Waals surface area contributed by atoms with E-state index in [9.17, 15) is 4.79 Å². The van der Waals surface area contributed by atoms with Crippen LogP contribution >= 0.6 is 0 Å². The van der Waals surface area contributed by atoms with Gasteiger partial charge in [0.15, 0.2) is 0 Å². The van der Waals surface area contributed by atoms with E-state index < -0.39 is 0 Å². The van der Waals surface area contributed by atoms with Gasteiger partial charge in [0.2, 0.25) is 0 Å². The number of nitrogens with one attached hydrogen (secondary N) is 1. The number of carbonyl (C=O) groups is 1. The number of nitrogens with zero attached hydrogens (tertiary/aromatic N) is 3. The Bertz CT molecular complexity index is 516. The zero-order chi connectivity index (χ0) is 16.7. The van der Waals surface area contributed by atoms with Crippen molar-refractivity contribution < 1.29 is 4.79 Å². The lowest BCUT2D eigenvalue weighted by Crippen LogP contribution is -2.48. The third kappa shape index (κ3) is 5.77. The molecule has 5 nitrogen and oxygen atoms in total. The predicted molar refractivity (Wildman–Crippen MR) is 94.8 cm³/mol. The minimum absolute atomic E-state index is 0.0509. The fourth-order valence-corrected chi connectivity index (χ4v) is 2.65. The number of hydrogen-bond donors (Lipinski definition) is 1. The molecule has 1 aromatic rings. The van der Waals surface area contributed by atoms with E-state index in [0.29, 0.717) is 12.5 Å². The molecule has 1 aromatic carbocycles. The largest absolute Gasteiger partial charge is 0.301 e. The average molecular weight is 316 g/mol. The molecule has 2 rings (SSSR count). The van der Waals surface area contributed by atoms with Crippen molar-refractivity contribution in [3.63, 3.8) is 0 Å². The average Bonchev–Trinajstić information content (AvgIpc) is 2.56. The number of rotatable bonds is 6. The topological polar surface area (TPSA) is 47.9 Å². The molecular weight excluding hydrogens is 288 g/mol. The summed E-state index contributed by atoms with van der Waals surface area (Å²) in [6, 6.07) is 8.24. The molecule has 0 saturated carbocycles. The van der Waals surface area contributed by atoms with Crippen LogP contribution in [-0.4, -0.2) is 61.2 Å². The lowest BCUT2D eigenvalue weighted by molar-refractivity contribution is -0.122. The summed E-state index contributed by atoms with van der Waals surface area (Å²) in [6.45, 7) is 12.0. The number of likely N-dealkylation sites (N-methyl/N-ethyl adjacent to an activating group) is 1. The summed E-state index contributed by atoms with van der Waals surface area (Å²) in [5.41, 5.74) is 4.91. The highest BCUT2D eigenvalue weighted by atomic mass is 16.2. The molecule has 126 valence electrons. The van der Waals surface area contributed by atoms with E-state index in [1.807, 2.05) is 12.1 Å². The van der Waals surface area contributed by atoms with Gasteiger partial charge < -0.3 is 4.90 Å². The molecule has 0 atom stereocenters. The van der Waals surface area contributed by atoms with Crippen molar-refractivity contribution in [3.05, 3.63) is 35.4 Å². The summed E-state index contributed by atoms with van der Waals surface area (Å²) in [6.07, 6.45) is 1.69. The summed E-state index contributed by atoms with van der Waals surface area (Å²) in [4.78, 5) is 16.5. The smallest absolute Gasteiger partial charge is 0.254 e. The maximum absolute atomic E-state index is 11.9. The molecule has 1 aliphatic heterocycles. The molecule has 0 aliphatic carbocycles. The van der Waals surface area contributed by atoms with E-state index in [1.165, 1.54) is 5.56 Å². The quantitative estimate of drug-likeness (QED) is 0.644. The third-order valence-electron chi connectivity index (χ3n) is 4.29. The number of hydrazone groups is 1. The molecule has 1 saturated heterocycles. The van der Waals surface area contributed by atoms with Crippen molar-refractivity contribution >= 4 is 12.1 Å². The number of carbonyl (C=O) groups excluding carboxylic acids is 1. The Labute approximate surface area is 139 Å². The minimum atomic E-state index is -0.0509. The van der Waals surface area contributed by atoms with Crippen LogP contribution < -0.4 is 5.43 Å². The molecule has 1 N–H and O–H groups in total. The van der Waals surface area contributed by atoms with Gasteiger partial charge in [-0.3, -0.25) is 9.69 Å². The molecule has 1 aliphatic rings. The fraction of sp³-hybridized carbons (Fsp3) is 0.556. The minimum Gasteiger partial charge on any atom is -0.301 e. The third-order valence-corrected chi connectivity index (χ3v) is 4.29. The Morgan fingerprint density at radius 2 is 1.78 bits per heavy atom. The summed E-state index contributed by atoms with van der Waals surface area (Å²) >= 11 is 0. The number of piperazine rings is 1. The monoisotopic (exact) mass is 316 g/mol. The predicted octanol–water partition coefficient (Wildman–Crippen LogP) is 1.90. The zero-order valence-corrected chi connectivity index (χ0v) is 14.5. The first-order valence-corrected chi connectivity index (χ1v) is 8.45. The van der Waals surface area contributed by atoms with E-state index in [1.54, 1.807) is 6.21 Å². The Hall–Kier alpha value is -1.72. The highest BCUT2D eigenvalue weighted by Gasteiger charge is 2.17. The van der Waals surface area contributed by atoms with E-state index in [2.05, 4.69) is 53.2 Å². The van der Waals surface area contributed by atoms with Crippen molar-refractivity contribution in [2.75, 3.05) is 39.3 Å².